The van der Waals surface area contributed by atoms with Crippen molar-refractivity contribution in [3.05, 3.63) is 63.1 Å². The predicted octanol–water partition coefficient (Wildman–Crippen LogP) is 4.22. The fourth-order valence-electron chi connectivity index (χ4n) is 1.78. The molecule has 0 bridgehead atoms. The molecule has 0 heterocycles. The van der Waals surface area contributed by atoms with Crippen molar-refractivity contribution in [1.29, 1.82) is 0 Å². The highest BCUT2D eigenvalue weighted by molar-refractivity contribution is 9.10. The third-order valence-corrected chi connectivity index (χ3v) is 3.62. The van der Waals surface area contributed by atoms with Crippen LogP contribution < -0.4 is 10.1 Å². The molecule has 1 N–H and O–H groups in total. The standard InChI is InChI=1S/C16H15BrClNO2/c1-11-5-6-14(18)15(9-11)21-8-7-19-16(20)12-3-2-4-13(17)10-12/h2-6,9-10H,7-8H2,1H3,(H,19,20). The zero-order valence-electron chi connectivity index (χ0n) is 11.5. The lowest BCUT2D eigenvalue weighted by Crippen LogP contribution is -2.28. The van der Waals surface area contributed by atoms with E-state index in [1.807, 2.05) is 31.2 Å². The van der Waals surface area contributed by atoms with Crippen molar-refractivity contribution < 1.29 is 9.53 Å². The van der Waals surface area contributed by atoms with Crippen LogP contribution in [0.25, 0.3) is 0 Å². The monoisotopic (exact) mass is 367 g/mol. The number of rotatable bonds is 5. The average Bonchev–Trinajstić information content (AvgIpc) is 2.46. The summed E-state index contributed by atoms with van der Waals surface area (Å²) < 4.78 is 6.44. The van der Waals surface area contributed by atoms with Gasteiger partial charge in [0.05, 0.1) is 11.6 Å². The zero-order chi connectivity index (χ0) is 15.2. The summed E-state index contributed by atoms with van der Waals surface area (Å²) in [7, 11) is 0. The molecule has 0 aliphatic carbocycles. The zero-order valence-corrected chi connectivity index (χ0v) is 13.9. The first-order valence-corrected chi connectivity index (χ1v) is 7.66. The van der Waals surface area contributed by atoms with Crippen molar-refractivity contribution in [2.75, 3.05) is 13.2 Å². The molecule has 0 aliphatic rings. The fourth-order valence-corrected chi connectivity index (χ4v) is 2.35. The Morgan fingerprint density at radius 2 is 2.10 bits per heavy atom. The summed E-state index contributed by atoms with van der Waals surface area (Å²) in [5.41, 5.74) is 1.69. The lowest BCUT2D eigenvalue weighted by atomic mass is 10.2. The van der Waals surface area contributed by atoms with E-state index in [1.165, 1.54) is 0 Å². The van der Waals surface area contributed by atoms with Crippen molar-refractivity contribution in [2.45, 2.75) is 6.92 Å². The maximum Gasteiger partial charge on any atom is 0.251 e. The third-order valence-electron chi connectivity index (χ3n) is 2.82. The van der Waals surface area contributed by atoms with Crippen LogP contribution in [0, 0.1) is 6.92 Å². The van der Waals surface area contributed by atoms with Gasteiger partial charge in [-0.05, 0) is 42.8 Å². The van der Waals surface area contributed by atoms with E-state index in [1.54, 1.807) is 18.2 Å². The molecule has 110 valence electrons. The number of benzene rings is 2. The van der Waals surface area contributed by atoms with Gasteiger partial charge in [0.15, 0.2) is 0 Å². The van der Waals surface area contributed by atoms with Crippen LogP contribution in [0.4, 0.5) is 0 Å². The van der Waals surface area contributed by atoms with E-state index < -0.39 is 0 Å². The second kappa shape index (κ2) is 7.48. The molecule has 0 fully saturated rings. The number of carbonyl (C=O) groups excluding carboxylic acids is 1. The van der Waals surface area contributed by atoms with Gasteiger partial charge in [-0.3, -0.25) is 4.79 Å². The van der Waals surface area contributed by atoms with Gasteiger partial charge in [0.25, 0.3) is 5.91 Å². The molecule has 0 saturated carbocycles. The minimum Gasteiger partial charge on any atom is -0.490 e. The molecule has 0 atom stereocenters. The second-order valence-electron chi connectivity index (χ2n) is 4.55. The number of hydrogen-bond donors (Lipinski definition) is 1. The average molecular weight is 369 g/mol. The highest BCUT2D eigenvalue weighted by atomic mass is 79.9. The van der Waals surface area contributed by atoms with E-state index in [9.17, 15) is 4.79 Å². The summed E-state index contributed by atoms with van der Waals surface area (Å²) in [6.07, 6.45) is 0. The summed E-state index contributed by atoms with van der Waals surface area (Å²) >= 11 is 9.37. The maximum atomic E-state index is 11.9. The molecule has 2 aromatic rings. The Morgan fingerprint density at radius 3 is 2.86 bits per heavy atom. The summed E-state index contributed by atoms with van der Waals surface area (Å²) in [6, 6.07) is 12.8. The van der Waals surface area contributed by atoms with Crippen LogP contribution in [-0.2, 0) is 0 Å². The number of halogens is 2. The van der Waals surface area contributed by atoms with E-state index in [2.05, 4.69) is 21.2 Å². The summed E-state index contributed by atoms with van der Waals surface area (Å²) in [5, 5.41) is 3.37. The van der Waals surface area contributed by atoms with E-state index in [0.29, 0.717) is 29.5 Å². The maximum absolute atomic E-state index is 11.9. The van der Waals surface area contributed by atoms with Crippen molar-refractivity contribution in [1.82, 2.24) is 5.32 Å². The Bertz CT molecular complexity index is 646. The van der Waals surface area contributed by atoms with Gasteiger partial charge >= 0.3 is 0 Å². The molecule has 0 unspecified atom stereocenters. The molecule has 0 saturated heterocycles. The minimum absolute atomic E-state index is 0.129. The van der Waals surface area contributed by atoms with Gasteiger partial charge in [0.1, 0.15) is 12.4 Å². The molecule has 21 heavy (non-hydrogen) atoms. The van der Waals surface area contributed by atoms with E-state index in [-0.39, 0.29) is 5.91 Å². The molecule has 0 spiro atoms. The molecule has 2 rings (SSSR count). The molecule has 0 aliphatic heterocycles. The lowest BCUT2D eigenvalue weighted by molar-refractivity contribution is 0.0947. The lowest BCUT2D eigenvalue weighted by Gasteiger charge is -2.10. The molecule has 0 aromatic heterocycles. The Kier molecular flexibility index (Phi) is 5.65. The third kappa shape index (κ3) is 4.76. The SMILES string of the molecule is Cc1ccc(Cl)c(OCCNC(=O)c2cccc(Br)c2)c1. The van der Waals surface area contributed by atoms with Crippen LogP contribution in [-0.4, -0.2) is 19.1 Å². The smallest absolute Gasteiger partial charge is 0.251 e. The van der Waals surface area contributed by atoms with Gasteiger partial charge in [-0.1, -0.05) is 39.7 Å². The summed E-state index contributed by atoms with van der Waals surface area (Å²) in [6.45, 7) is 2.75. The quantitative estimate of drug-likeness (QED) is 0.803. The van der Waals surface area contributed by atoms with Crippen molar-refractivity contribution in [3.63, 3.8) is 0 Å². The first-order chi connectivity index (χ1) is 10.1. The largest absolute Gasteiger partial charge is 0.490 e. The van der Waals surface area contributed by atoms with Gasteiger partial charge in [0, 0.05) is 10.0 Å². The molecule has 3 nitrogen and oxygen atoms in total. The number of carbonyl (C=O) groups is 1. The number of amides is 1. The van der Waals surface area contributed by atoms with Crippen LogP contribution in [0.5, 0.6) is 5.75 Å². The van der Waals surface area contributed by atoms with Gasteiger partial charge in [0.2, 0.25) is 0 Å². The molecule has 5 heteroatoms. The van der Waals surface area contributed by atoms with Crippen molar-refractivity contribution in [3.8, 4) is 5.75 Å². The Labute approximate surface area is 137 Å². The summed E-state index contributed by atoms with van der Waals surface area (Å²) in [4.78, 5) is 11.9. The van der Waals surface area contributed by atoms with Crippen LogP contribution >= 0.6 is 27.5 Å². The first-order valence-electron chi connectivity index (χ1n) is 6.49. The molecule has 0 radical (unpaired) electrons. The van der Waals surface area contributed by atoms with Crippen molar-refractivity contribution in [2.24, 2.45) is 0 Å². The van der Waals surface area contributed by atoms with E-state index in [4.69, 9.17) is 16.3 Å². The normalized spacial score (nSPS) is 10.2. The molecule has 2 aromatic carbocycles. The molecular formula is C16H15BrClNO2. The van der Waals surface area contributed by atoms with Crippen LogP contribution in [0.2, 0.25) is 5.02 Å². The Hall–Kier alpha value is -1.52. The number of hydrogen-bond acceptors (Lipinski definition) is 2. The van der Waals surface area contributed by atoms with Crippen molar-refractivity contribution >= 4 is 33.4 Å². The van der Waals surface area contributed by atoms with Gasteiger partial charge in [-0.25, -0.2) is 0 Å². The molecule has 1 amide bonds. The topological polar surface area (TPSA) is 38.3 Å². The van der Waals surface area contributed by atoms with Crippen LogP contribution in [0.15, 0.2) is 46.9 Å². The van der Waals surface area contributed by atoms with Crippen LogP contribution in [0.1, 0.15) is 15.9 Å². The van der Waals surface area contributed by atoms with Gasteiger partial charge in [-0.15, -0.1) is 0 Å². The van der Waals surface area contributed by atoms with E-state index >= 15 is 0 Å². The first kappa shape index (κ1) is 15.9. The number of ether oxygens (including phenoxy) is 1. The number of aryl methyl sites for hydroxylation is 1. The van der Waals surface area contributed by atoms with Crippen LogP contribution in [0.3, 0.4) is 0 Å². The minimum atomic E-state index is -0.129. The van der Waals surface area contributed by atoms with Gasteiger partial charge in [-0.2, -0.15) is 0 Å². The van der Waals surface area contributed by atoms with Gasteiger partial charge < -0.3 is 10.1 Å². The predicted molar refractivity (Wildman–Crippen MR) is 88.2 cm³/mol. The second-order valence-corrected chi connectivity index (χ2v) is 5.87. The Balaban J connectivity index is 1.82. The molecular weight excluding hydrogens is 354 g/mol. The highest BCUT2D eigenvalue weighted by Gasteiger charge is 2.06. The van der Waals surface area contributed by atoms with E-state index in [0.717, 1.165) is 10.0 Å². The highest BCUT2D eigenvalue weighted by Crippen LogP contribution is 2.24. The fraction of sp³-hybridized carbons (Fsp3) is 0.188. The summed E-state index contributed by atoms with van der Waals surface area (Å²) in [5.74, 6) is 0.503. The number of nitrogens with one attached hydrogen (secondary N) is 1. The Morgan fingerprint density at radius 1 is 1.29 bits per heavy atom.